The van der Waals surface area contributed by atoms with Crippen molar-refractivity contribution >= 4 is 71.1 Å². The molecule has 0 spiro atoms. The van der Waals surface area contributed by atoms with Crippen molar-refractivity contribution in [2.75, 3.05) is 55.9 Å². The van der Waals surface area contributed by atoms with Gasteiger partial charge in [-0.25, -0.2) is 0 Å². The molecular weight excluding hydrogens is 1150 g/mol. The second-order valence-corrected chi connectivity index (χ2v) is 27.2. The molecule has 0 saturated carbocycles. The molecular formula is C66H112N12O12. The van der Waals surface area contributed by atoms with E-state index in [2.05, 4.69) is 26.3 Å². The van der Waals surface area contributed by atoms with E-state index in [0.29, 0.717) is 5.69 Å². The molecule has 0 radical (unpaired) electrons. The van der Waals surface area contributed by atoms with Crippen molar-refractivity contribution in [1.82, 2.24) is 60.6 Å². The number of amides is 11. The zero-order valence-electron chi connectivity index (χ0n) is 58.3. The van der Waals surface area contributed by atoms with Crippen LogP contribution in [-0.2, 0) is 52.7 Å². The SMILES string of the molecule is CC[C@@H]1NC(=O)[C@H]([C@H](O)[C@H](C)C/C=C/c2ccccn2)N(C)C(=O)[C@H](C(C)C)N(C)C(=O)[C@H](CC(C)C)N(C)C(=O)[C@H](CC(C)C)N(C)C(=O)[C@@H](C)NC(=O)[C@H](C)NC(=O)[C@H](CC(C)C)N(C)C(=O)[C@H](C(C)C)NC(=O)[C@H](CC(C)C)N(C)C(=O)CN(C)C1=O. The van der Waals surface area contributed by atoms with Crippen LogP contribution in [0, 0.1) is 41.4 Å². The molecule has 1 aromatic rings. The molecule has 1 fully saturated rings. The fourth-order valence-corrected chi connectivity index (χ4v) is 11.2. The number of hydrogen-bond acceptors (Lipinski definition) is 13. The third kappa shape index (κ3) is 22.2. The summed E-state index contributed by atoms with van der Waals surface area (Å²) in [6.45, 7) is 27.5. The lowest BCUT2D eigenvalue weighted by molar-refractivity contribution is -0.157. The number of pyridine rings is 1. The Labute approximate surface area is 536 Å². The maximum Gasteiger partial charge on any atom is 0.246 e. The highest BCUT2D eigenvalue weighted by Gasteiger charge is 2.46. The van der Waals surface area contributed by atoms with E-state index in [0.717, 1.165) is 9.80 Å². The third-order valence-electron chi connectivity index (χ3n) is 16.8. The van der Waals surface area contributed by atoms with E-state index in [-0.39, 0.29) is 62.2 Å². The minimum atomic E-state index is -1.66. The number of likely N-dealkylation sites (N-methyl/N-ethyl adjacent to an activating group) is 7. The predicted octanol–water partition coefficient (Wildman–Crippen LogP) is 3.80. The Balaban J connectivity index is 2.99. The first kappa shape index (κ1) is 79.1. The van der Waals surface area contributed by atoms with E-state index in [9.17, 15) is 38.7 Å². The van der Waals surface area contributed by atoms with Gasteiger partial charge in [0.15, 0.2) is 0 Å². The van der Waals surface area contributed by atoms with E-state index < -0.39 is 156 Å². The fourth-order valence-electron chi connectivity index (χ4n) is 11.2. The zero-order valence-corrected chi connectivity index (χ0v) is 58.3. The Morgan fingerprint density at radius 2 is 0.956 bits per heavy atom. The quantitative estimate of drug-likeness (QED) is 0.158. The normalized spacial score (nSPS) is 26.0. The highest BCUT2D eigenvalue weighted by molar-refractivity contribution is 5.99. The van der Waals surface area contributed by atoms with Crippen LogP contribution in [0.1, 0.15) is 155 Å². The Morgan fingerprint density at radius 3 is 1.43 bits per heavy atom. The summed E-state index contributed by atoms with van der Waals surface area (Å²) in [6.07, 6.45) is 4.40. The minimum absolute atomic E-state index is 0.00327. The molecule has 2 heterocycles. The Morgan fingerprint density at radius 1 is 0.500 bits per heavy atom. The van der Waals surface area contributed by atoms with Crippen LogP contribution in [0.5, 0.6) is 0 Å². The van der Waals surface area contributed by atoms with Gasteiger partial charge >= 0.3 is 0 Å². The first-order valence-corrected chi connectivity index (χ1v) is 32.0. The number of aliphatic hydroxyl groups excluding tert-OH is 1. The molecule has 24 heteroatoms. The monoisotopic (exact) mass is 1260 g/mol. The maximum absolute atomic E-state index is 15.3. The molecule has 1 aromatic heterocycles. The van der Waals surface area contributed by atoms with Gasteiger partial charge in [0.2, 0.25) is 65.0 Å². The second kappa shape index (κ2) is 36.2. The van der Waals surface area contributed by atoms with Crippen molar-refractivity contribution in [2.45, 2.75) is 216 Å². The first-order valence-electron chi connectivity index (χ1n) is 32.0. The average Bonchev–Trinajstić information content (AvgIpc) is 0.874. The van der Waals surface area contributed by atoms with Crippen molar-refractivity contribution in [1.29, 1.82) is 0 Å². The molecule has 2 rings (SSSR count). The largest absolute Gasteiger partial charge is 0.390 e. The molecule has 12 atom stereocenters. The van der Waals surface area contributed by atoms with Crippen LogP contribution in [0.2, 0.25) is 0 Å². The number of nitrogens with zero attached hydrogens (tertiary/aromatic N) is 8. The Bertz CT molecular complexity index is 2630. The summed E-state index contributed by atoms with van der Waals surface area (Å²) < 4.78 is 0. The first-order chi connectivity index (χ1) is 41.7. The van der Waals surface area contributed by atoms with Crippen LogP contribution in [-0.4, -0.2) is 232 Å². The minimum Gasteiger partial charge on any atom is -0.390 e. The Hall–Kier alpha value is -6.98. The van der Waals surface area contributed by atoms with Gasteiger partial charge in [0.1, 0.15) is 60.4 Å². The van der Waals surface area contributed by atoms with Crippen molar-refractivity contribution in [3.63, 3.8) is 0 Å². The smallest absolute Gasteiger partial charge is 0.246 e. The summed E-state index contributed by atoms with van der Waals surface area (Å²) in [5.74, 6) is -9.99. The summed E-state index contributed by atoms with van der Waals surface area (Å²) in [5, 5.41) is 23.3. The molecule has 24 nitrogen and oxygen atoms in total. The van der Waals surface area contributed by atoms with Gasteiger partial charge in [-0.1, -0.05) is 109 Å². The van der Waals surface area contributed by atoms with Gasteiger partial charge in [-0.3, -0.25) is 57.7 Å². The number of hydrogen-bond donors (Lipinski definition) is 5. The van der Waals surface area contributed by atoms with E-state index in [1.165, 1.54) is 87.7 Å². The number of allylic oxidation sites excluding steroid dienone is 1. The van der Waals surface area contributed by atoms with E-state index in [4.69, 9.17) is 0 Å². The van der Waals surface area contributed by atoms with Gasteiger partial charge in [0.25, 0.3) is 0 Å². The van der Waals surface area contributed by atoms with Crippen LogP contribution in [0.25, 0.3) is 6.08 Å². The molecule has 0 aromatic carbocycles. The number of aliphatic hydroxyl groups is 1. The zero-order chi connectivity index (χ0) is 69.1. The number of rotatable bonds is 16. The van der Waals surface area contributed by atoms with E-state index in [1.807, 2.05) is 61.5 Å². The molecule has 0 bridgehead atoms. The highest BCUT2D eigenvalue weighted by Crippen LogP contribution is 2.26. The predicted molar refractivity (Wildman–Crippen MR) is 347 cm³/mol. The molecule has 90 heavy (non-hydrogen) atoms. The summed E-state index contributed by atoms with van der Waals surface area (Å²) in [4.78, 5) is 174. The molecule has 1 saturated heterocycles. The van der Waals surface area contributed by atoms with Crippen LogP contribution in [0.4, 0.5) is 0 Å². The Kier molecular flexibility index (Phi) is 31.8. The maximum atomic E-state index is 15.3. The lowest BCUT2D eigenvalue weighted by atomic mass is 9.91. The number of carbonyl (C=O) groups excluding carboxylic acids is 11. The molecule has 5 N–H and O–H groups in total. The van der Waals surface area contributed by atoms with Crippen LogP contribution in [0.3, 0.4) is 0 Å². The molecule has 0 unspecified atom stereocenters. The lowest BCUT2D eigenvalue weighted by Crippen LogP contribution is -2.63. The van der Waals surface area contributed by atoms with Gasteiger partial charge < -0.3 is 60.7 Å². The van der Waals surface area contributed by atoms with Crippen LogP contribution in [0.15, 0.2) is 30.5 Å². The van der Waals surface area contributed by atoms with Crippen molar-refractivity contribution in [2.24, 2.45) is 41.4 Å². The van der Waals surface area contributed by atoms with Crippen LogP contribution >= 0.6 is 0 Å². The van der Waals surface area contributed by atoms with Gasteiger partial charge in [0, 0.05) is 55.5 Å². The molecule has 0 aliphatic carbocycles. The van der Waals surface area contributed by atoms with Gasteiger partial charge in [0.05, 0.1) is 18.3 Å². The second-order valence-electron chi connectivity index (χ2n) is 27.2. The summed E-state index contributed by atoms with van der Waals surface area (Å²) in [5.41, 5.74) is 0.646. The number of aromatic nitrogens is 1. The number of nitrogens with one attached hydrogen (secondary N) is 4. The van der Waals surface area contributed by atoms with E-state index in [1.54, 1.807) is 72.0 Å². The molecule has 11 amide bonds. The summed E-state index contributed by atoms with van der Waals surface area (Å²) in [6, 6.07) is -7.13. The molecule has 1 aliphatic rings. The van der Waals surface area contributed by atoms with Crippen molar-refractivity contribution < 1.29 is 57.8 Å². The third-order valence-corrected chi connectivity index (χ3v) is 16.8. The van der Waals surface area contributed by atoms with E-state index >= 15 is 19.2 Å². The molecule has 508 valence electrons. The fraction of sp³-hybridized carbons (Fsp3) is 0.727. The molecule has 1 aliphatic heterocycles. The number of carbonyl (C=O) groups is 11. The summed E-state index contributed by atoms with van der Waals surface area (Å²) in [7, 11) is 9.90. The highest BCUT2D eigenvalue weighted by atomic mass is 16.3. The van der Waals surface area contributed by atoms with Gasteiger partial charge in [-0.2, -0.15) is 0 Å². The van der Waals surface area contributed by atoms with Gasteiger partial charge in [-0.05, 0) is 112 Å². The summed E-state index contributed by atoms with van der Waals surface area (Å²) >= 11 is 0. The van der Waals surface area contributed by atoms with Crippen molar-refractivity contribution in [3.8, 4) is 0 Å². The van der Waals surface area contributed by atoms with Crippen LogP contribution < -0.4 is 21.3 Å². The lowest BCUT2D eigenvalue weighted by Gasteiger charge is -2.41. The van der Waals surface area contributed by atoms with Crippen molar-refractivity contribution in [3.05, 3.63) is 36.2 Å². The standard InChI is InChI=1S/C66H112N12O12/c1-24-47-62(86)72(17)36-52(79)73(18)48(32-37(2)3)59(83)71-53(41(10)11)65(89)74(19)49(33-38(4)5)58(82)68-44(15)57(81)69-45(16)61(85)75(20)50(34-39(6)7)63(87)76(21)51(35-40(8)9)64(88)77(22)54(42(12)13)66(90)78(23)55(60(84)70-47)56(80)43(14)28-27-30-46-29-25-26-31-67-46/h25-27,29-31,37-45,47-51,53-56,80H,24,28,32-36H2,1-23H3,(H,68,82)(H,69,81)(H,70,84)(H,71,83)/b30-27+/t43-,44+,45-,47+,48+,49+,50+,51+,53+,54+,55+,56-/m1/s1. The van der Waals surface area contributed by atoms with Gasteiger partial charge in [-0.15, -0.1) is 0 Å². The average molecular weight is 1270 g/mol. The topological polar surface area (TPSA) is 292 Å².